The minimum absolute atomic E-state index is 0.0138. The Morgan fingerprint density at radius 1 is 0.846 bits per heavy atom. The molecule has 0 aliphatic rings. The van der Waals surface area contributed by atoms with Crippen LogP contribution in [0, 0.1) is 0 Å². The molecule has 0 heterocycles. The Labute approximate surface area is 150 Å². The Balaban J connectivity index is 2.18. The van der Waals surface area contributed by atoms with Gasteiger partial charge in [0.15, 0.2) is 9.84 Å². The molecule has 0 fully saturated rings. The number of sulfone groups is 1. The molecule has 0 saturated heterocycles. The zero-order chi connectivity index (χ0) is 19.8. The van der Waals surface area contributed by atoms with Gasteiger partial charge in [-0.05, 0) is 40.8 Å². The minimum Gasteiger partial charge on any atom is -0.241 e. The summed E-state index contributed by atoms with van der Waals surface area (Å²) in [6.07, 6.45) is -6.44. The lowest BCUT2D eigenvalue weighted by molar-refractivity contribution is -0.137. The van der Waals surface area contributed by atoms with Crippen molar-refractivity contribution in [2.45, 2.75) is 43.4 Å². The number of alkyl halides is 4. The molecule has 0 bridgehead atoms. The summed E-state index contributed by atoms with van der Waals surface area (Å²) in [5, 5.41) is 0. The van der Waals surface area contributed by atoms with E-state index < -0.39 is 33.5 Å². The molecule has 142 valence electrons. The van der Waals surface area contributed by atoms with Gasteiger partial charge in [-0.15, -0.1) is 0 Å². The third-order valence-corrected chi connectivity index (χ3v) is 5.77. The second kappa shape index (κ2) is 7.02. The van der Waals surface area contributed by atoms with E-state index in [9.17, 15) is 26.0 Å². The lowest BCUT2D eigenvalue weighted by Crippen LogP contribution is -2.14. The average Bonchev–Trinajstić information content (AvgIpc) is 2.53. The third-order valence-electron chi connectivity index (χ3n) is 4.04. The van der Waals surface area contributed by atoms with Crippen molar-refractivity contribution in [2.24, 2.45) is 0 Å². The summed E-state index contributed by atoms with van der Waals surface area (Å²) >= 11 is 0. The van der Waals surface area contributed by atoms with Gasteiger partial charge in [-0.2, -0.15) is 13.2 Å². The fourth-order valence-electron chi connectivity index (χ4n) is 2.43. The summed E-state index contributed by atoms with van der Waals surface area (Å²) in [5.41, 5.74) is -0.219. The van der Waals surface area contributed by atoms with Crippen molar-refractivity contribution < 1.29 is 26.0 Å². The molecule has 1 atom stereocenters. The van der Waals surface area contributed by atoms with Gasteiger partial charge < -0.3 is 0 Å². The highest BCUT2D eigenvalue weighted by atomic mass is 32.2. The van der Waals surface area contributed by atoms with E-state index in [4.69, 9.17) is 0 Å². The lowest BCUT2D eigenvalue weighted by atomic mass is 9.87. The van der Waals surface area contributed by atoms with Crippen molar-refractivity contribution in [3.63, 3.8) is 0 Å². The van der Waals surface area contributed by atoms with E-state index in [1.54, 1.807) is 12.1 Å². The average molecular weight is 388 g/mol. The number of halogens is 4. The summed E-state index contributed by atoms with van der Waals surface area (Å²) in [6.45, 7) is 5.95. The van der Waals surface area contributed by atoms with E-state index >= 15 is 0 Å². The molecule has 0 radical (unpaired) electrons. The minimum atomic E-state index is -4.52. The van der Waals surface area contributed by atoms with Gasteiger partial charge in [0.05, 0.1) is 16.2 Å². The fraction of sp³-hybridized carbons (Fsp3) is 0.368. The Hall–Kier alpha value is -1.89. The van der Waals surface area contributed by atoms with Crippen LogP contribution in [-0.4, -0.2) is 14.2 Å². The van der Waals surface area contributed by atoms with Crippen molar-refractivity contribution in [2.75, 3.05) is 5.75 Å². The maximum absolute atomic E-state index is 14.4. The molecular formula is C19H20F4O2S. The zero-order valence-corrected chi connectivity index (χ0v) is 15.5. The van der Waals surface area contributed by atoms with Crippen LogP contribution in [0.25, 0.3) is 0 Å². The standard InChI is InChI=1S/C19H20F4O2S/c1-18(2,3)14-8-10-16(11-9-14)26(24,25)12-17(20)13-4-6-15(7-5-13)19(21,22)23/h4-11,17H,12H2,1-3H3. The molecule has 0 spiro atoms. The van der Waals surface area contributed by atoms with Crippen molar-refractivity contribution in [1.29, 1.82) is 0 Å². The SMILES string of the molecule is CC(C)(C)c1ccc(S(=O)(=O)CC(F)c2ccc(C(F)(F)F)cc2)cc1. The van der Waals surface area contributed by atoms with Crippen molar-refractivity contribution in [1.82, 2.24) is 0 Å². The highest BCUT2D eigenvalue weighted by molar-refractivity contribution is 7.91. The van der Waals surface area contributed by atoms with Gasteiger partial charge in [0.1, 0.15) is 6.17 Å². The molecule has 1 unspecified atom stereocenters. The molecular weight excluding hydrogens is 368 g/mol. The number of rotatable bonds is 4. The molecule has 26 heavy (non-hydrogen) atoms. The van der Waals surface area contributed by atoms with Crippen LogP contribution in [0.15, 0.2) is 53.4 Å². The van der Waals surface area contributed by atoms with Crippen LogP contribution in [0.4, 0.5) is 17.6 Å². The van der Waals surface area contributed by atoms with E-state index in [-0.39, 0.29) is 15.9 Å². The van der Waals surface area contributed by atoms with Gasteiger partial charge in [-0.1, -0.05) is 45.0 Å². The molecule has 2 rings (SSSR count). The van der Waals surface area contributed by atoms with E-state index in [2.05, 4.69) is 0 Å². The van der Waals surface area contributed by atoms with E-state index in [0.29, 0.717) is 0 Å². The normalized spacial score (nSPS) is 14.3. The molecule has 0 N–H and O–H groups in total. The summed E-state index contributed by atoms with van der Waals surface area (Å²) < 4.78 is 76.7. The van der Waals surface area contributed by atoms with E-state index in [0.717, 1.165) is 29.8 Å². The first-order chi connectivity index (χ1) is 11.8. The van der Waals surface area contributed by atoms with Gasteiger partial charge in [0.2, 0.25) is 0 Å². The summed E-state index contributed by atoms with van der Waals surface area (Å²) in [5.74, 6) is -0.826. The van der Waals surface area contributed by atoms with Gasteiger partial charge in [0, 0.05) is 0 Å². The maximum Gasteiger partial charge on any atom is 0.416 e. The first-order valence-corrected chi connectivity index (χ1v) is 9.60. The molecule has 0 amide bonds. The summed E-state index contributed by atoms with van der Waals surface area (Å²) in [6, 6.07) is 9.62. The molecule has 0 aromatic heterocycles. The molecule has 0 saturated carbocycles. The topological polar surface area (TPSA) is 34.1 Å². The van der Waals surface area contributed by atoms with Crippen molar-refractivity contribution in [3.05, 3.63) is 65.2 Å². The van der Waals surface area contributed by atoms with Crippen molar-refractivity contribution in [3.8, 4) is 0 Å². The Bertz CT molecular complexity index is 846. The molecule has 7 heteroatoms. The predicted molar refractivity (Wildman–Crippen MR) is 92.5 cm³/mol. The number of hydrogen-bond acceptors (Lipinski definition) is 2. The van der Waals surface area contributed by atoms with Gasteiger partial charge in [0.25, 0.3) is 0 Å². The third kappa shape index (κ3) is 4.84. The van der Waals surface area contributed by atoms with Crippen LogP contribution < -0.4 is 0 Å². The smallest absolute Gasteiger partial charge is 0.241 e. The van der Waals surface area contributed by atoms with E-state index in [1.165, 1.54) is 12.1 Å². The molecule has 2 aromatic carbocycles. The molecule has 0 aliphatic carbocycles. The Morgan fingerprint density at radius 2 is 1.31 bits per heavy atom. The van der Waals surface area contributed by atoms with Crippen LogP contribution in [0.2, 0.25) is 0 Å². The van der Waals surface area contributed by atoms with Crippen molar-refractivity contribution >= 4 is 9.84 Å². The van der Waals surface area contributed by atoms with Crippen LogP contribution >= 0.6 is 0 Å². The van der Waals surface area contributed by atoms with Crippen LogP contribution in [0.3, 0.4) is 0 Å². The van der Waals surface area contributed by atoms with Gasteiger partial charge >= 0.3 is 6.18 Å². The van der Waals surface area contributed by atoms with Gasteiger partial charge in [-0.25, -0.2) is 12.8 Å². The maximum atomic E-state index is 14.4. The Kier molecular flexibility index (Phi) is 5.52. The molecule has 2 aromatic rings. The monoisotopic (exact) mass is 388 g/mol. The lowest BCUT2D eigenvalue weighted by Gasteiger charge is -2.19. The van der Waals surface area contributed by atoms with Crippen LogP contribution in [-0.2, 0) is 21.4 Å². The fourth-order valence-corrected chi connectivity index (χ4v) is 3.75. The number of hydrogen-bond donors (Lipinski definition) is 0. The predicted octanol–water partition coefficient (Wildman–Crippen LogP) is 5.49. The highest BCUT2D eigenvalue weighted by Crippen LogP contribution is 2.31. The first-order valence-electron chi connectivity index (χ1n) is 7.95. The van der Waals surface area contributed by atoms with E-state index in [1.807, 2.05) is 20.8 Å². The Morgan fingerprint density at radius 3 is 1.73 bits per heavy atom. The molecule has 0 aliphatic heterocycles. The second-order valence-electron chi connectivity index (χ2n) is 7.14. The largest absolute Gasteiger partial charge is 0.416 e. The molecule has 2 nitrogen and oxygen atoms in total. The van der Waals surface area contributed by atoms with Crippen LogP contribution in [0.1, 0.15) is 43.6 Å². The quantitative estimate of drug-likeness (QED) is 0.649. The summed E-state index contributed by atoms with van der Waals surface area (Å²) in [4.78, 5) is -0.0138. The zero-order valence-electron chi connectivity index (χ0n) is 14.6. The van der Waals surface area contributed by atoms with Crippen LogP contribution in [0.5, 0.6) is 0 Å². The van der Waals surface area contributed by atoms with Gasteiger partial charge in [-0.3, -0.25) is 0 Å². The first kappa shape index (κ1) is 20.4. The highest BCUT2D eigenvalue weighted by Gasteiger charge is 2.31. The number of benzene rings is 2. The summed E-state index contributed by atoms with van der Waals surface area (Å²) in [7, 11) is -3.91. The second-order valence-corrected chi connectivity index (χ2v) is 9.18.